The average Bonchev–Trinajstić information content (AvgIpc) is 3.12. The lowest BCUT2D eigenvalue weighted by molar-refractivity contribution is 0.0946. The molecule has 1 aromatic rings. The van der Waals surface area contributed by atoms with Gasteiger partial charge in [0.25, 0.3) is 5.91 Å². The molecule has 1 saturated carbocycles. The van der Waals surface area contributed by atoms with Crippen molar-refractivity contribution < 1.29 is 4.79 Å². The minimum absolute atomic E-state index is 0.00564. The molecule has 1 N–H and O–H groups in total. The molecule has 0 atom stereocenters. The van der Waals surface area contributed by atoms with Crippen LogP contribution in [-0.2, 0) is 0 Å². The molecule has 96 valence electrons. The number of terminal acetylenes is 1. The standard InChI is InChI=1S/C13H15BrN2OS/c1-2-6-18-7-5-15-13(17)12-8-10(14)9-16(12)11-3-4-11/h1,8-9,11H,3-7H2,(H,15,17). The van der Waals surface area contributed by atoms with Gasteiger partial charge in [0.2, 0.25) is 0 Å². The van der Waals surface area contributed by atoms with E-state index in [1.165, 1.54) is 12.8 Å². The molecule has 1 aromatic heterocycles. The van der Waals surface area contributed by atoms with Gasteiger partial charge in [0.1, 0.15) is 5.69 Å². The fourth-order valence-electron chi connectivity index (χ4n) is 1.74. The summed E-state index contributed by atoms with van der Waals surface area (Å²) in [5.74, 6) is 4.10. The zero-order chi connectivity index (χ0) is 13.0. The Balaban J connectivity index is 1.86. The Morgan fingerprint density at radius 3 is 3.11 bits per heavy atom. The largest absolute Gasteiger partial charge is 0.350 e. The van der Waals surface area contributed by atoms with Crippen LogP contribution in [-0.4, -0.2) is 28.5 Å². The molecular weight excluding hydrogens is 312 g/mol. The summed E-state index contributed by atoms with van der Waals surface area (Å²) in [6.07, 6.45) is 9.48. The summed E-state index contributed by atoms with van der Waals surface area (Å²) in [6.45, 7) is 0.651. The molecular formula is C13H15BrN2OS. The van der Waals surface area contributed by atoms with E-state index in [-0.39, 0.29) is 5.91 Å². The van der Waals surface area contributed by atoms with Crippen LogP contribution in [0, 0.1) is 12.3 Å². The molecule has 1 aliphatic rings. The highest BCUT2D eigenvalue weighted by Gasteiger charge is 2.27. The normalized spacial score (nSPS) is 14.2. The van der Waals surface area contributed by atoms with Crippen molar-refractivity contribution in [3.63, 3.8) is 0 Å². The van der Waals surface area contributed by atoms with Gasteiger partial charge in [0.05, 0.1) is 5.75 Å². The summed E-state index contributed by atoms with van der Waals surface area (Å²) in [5.41, 5.74) is 0.742. The summed E-state index contributed by atoms with van der Waals surface area (Å²) in [6, 6.07) is 2.38. The second-order valence-corrected chi connectivity index (χ2v) is 6.22. The maximum absolute atomic E-state index is 12.0. The maximum Gasteiger partial charge on any atom is 0.267 e. The van der Waals surface area contributed by atoms with Gasteiger partial charge in [0.15, 0.2) is 0 Å². The number of hydrogen-bond donors (Lipinski definition) is 1. The first-order valence-corrected chi connectivity index (χ1v) is 7.84. The Morgan fingerprint density at radius 2 is 2.44 bits per heavy atom. The summed E-state index contributed by atoms with van der Waals surface area (Å²) in [4.78, 5) is 12.0. The summed E-state index contributed by atoms with van der Waals surface area (Å²) < 4.78 is 3.02. The third-order valence-electron chi connectivity index (χ3n) is 2.71. The van der Waals surface area contributed by atoms with E-state index < -0.39 is 0 Å². The molecule has 0 bridgehead atoms. The Morgan fingerprint density at radius 1 is 1.67 bits per heavy atom. The second-order valence-electron chi connectivity index (χ2n) is 4.19. The fraction of sp³-hybridized carbons (Fsp3) is 0.462. The number of amides is 1. The van der Waals surface area contributed by atoms with Gasteiger partial charge in [-0.1, -0.05) is 5.92 Å². The minimum atomic E-state index is -0.00564. The van der Waals surface area contributed by atoms with Crippen LogP contribution in [0.25, 0.3) is 0 Å². The molecule has 1 aliphatic carbocycles. The predicted octanol–water partition coefficient (Wildman–Crippen LogP) is 2.68. The van der Waals surface area contributed by atoms with Crippen LogP contribution in [0.2, 0.25) is 0 Å². The minimum Gasteiger partial charge on any atom is -0.350 e. The smallest absolute Gasteiger partial charge is 0.267 e. The molecule has 0 aromatic carbocycles. The Bertz CT molecular complexity index is 474. The second kappa shape index (κ2) is 6.35. The number of nitrogens with one attached hydrogen (secondary N) is 1. The number of hydrogen-bond acceptors (Lipinski definition) is 2. The Hall–Kier alpha value is -0.860. The van der Waals surface area contributed by atoms with Gasteiger partial charge in [-0.05, 0) is 34.8 Å². The summed E-state index contributed by atoms with van der Waals surface area (Å²) >= 11 is 5.07. The molecule has 18 heavy (non-hydrogen) atoms. The van der Waals surface area contributed by atoms with Gasteiger partial charge in [-0.2, -0.15) is 0 Å². The first kappa shape index (κ1) is 13.6. The van der Waals surface area contributed by atoms with Crippen molar-refractivity contribution in [1.82, 2.24) is 9.88 Å². The lowest BCUT2D eigenvalue weighted by Crippen LogP contribution is -2.27. The van der Waals surface area contributed by atoms with Gasteiger partial charge >= 0.3 is 0 Å². The molecule has 1 amide bonds. The first-order valence-electron chi connectivity index (χ1n) is 5.89. The zero-order valence-electron chi connectivity index (χ0n) is 9.99. The van der Waals surface area contributed by atoms with E-state index >= 15 is 0 Å². The molecule has 0 unspecified atom stereocenters. The first-order chi connectivity index (χ1) is 8.72. The van der Waals surface area contributed by atoms with Crippen molar-refractivity contribution in [3.05, 3.63) is 22.4 Å². The van der Waals surface area contributed by atoms with Crippen molar-refractivity contribution >= 4 is 33.6 Å². The topological polar surface area (TPSA) is 34.0 Å². The van der Waals surface area contributed by atoms with Gasteiger partial charge in [0, 0.05) is 29.0 Å². The number of halogens is 1. The number of nitrogens with zero attached hydrogens (tertiary/aromatic N) is 1. The van der Waals surface area contributed by atoms with E-state index in [9.17, 15) is 4.79 Å². The van der Waals surface area contributed by atoms with Gasteiger partial charge in [-0.15, -0.1) is 18.2 Å². The van der Waals surface area contributed by atoms with E-state index in [2.05, 4.69) is 31.7 Å². The van der Waals surface area contributed by atoms with Crippen LogP contribution in [0.4, 0.5) is 0 Å². The van der Waals surface area contributed by atoms with E-state index in [4.69, 9.17) is 6.42 Å². The molecule has 0 spiro atoms. The molecule has 5 heteroatoms. The third-order valence-corrected chi connectivity index (χ3v) is 4.00. The maximum atomic E-state index is 12.0. The molecule has 2 rings (SSSR count). The van der Waals surface area contributed by atoms with Crippen molar-refractivity contribution in [2.45, 2.75) is 18.9 Å². The Labute approximate surface area is 120 Å². The highest BCUT2D eigenvalue weighted by molar-refractivity contribution is 9.10. The monoisotopic (exact) mass is 326 g/mol. The molecule has 1 fully saturated rings. The molecule has 1 heterocycles. The van der Waals surface area contributed by atoms with Crippen LogP contribution in [0.5, 0.6) is 0 Å². The number of rotatable bonds is 6. The van der Waals surface area contributed by atoms with Crippen molar-refractivity contribution in [2.24, 2.45) is 0 Å². The Kier molecular flexibility index (Phi) is 4.79. The lowest BCUT2D eigenvalue weighted by Gasteiger charge is -2.08. The van der Waals surface area contributed by atoms with Crippen LogP contribution in [0.15, 0.2) is 16.7 Å². The van der Waals surface area contributed by atoms with Crippen molar-refractivity contribution in [3.8, 4) is 12.3 Å². The quantitative estimate of drug-likeness (QED) is 0.644. The zero-order valence-corrected chi connectivity index (χ0v) is 12.4. The average molecular weight is 327 g/mol. The summed E-state index contributed by atoms with van der Waals surface area (Å²) in [7, 11) is 0. The van der Waals surface area contributed by atoms with E-state index in [0.29, 0.717) is 18.3 Å². The van der Waals surface area contributed by atoms with E-state index in [1.54, 1.807) is 11.8 Å². The van der Waals surface area contributed by atoms with Gasteiger partial charge < -0.3 is 9.88 Å². The van der Waals surface area contributed by atoms with Crippen molar-refractivity contribution in [2.75, 3.05) is 18.1 Å². The predicted molar refractivity (Wildman–Crippen MR) is 78.9 cm³/mol. The molecule has 0 saturated heterocycles. The lowest BCUT2D eigenvalue weighted by atomic mass is 10.4. The third kappa shape index (κ3) is 3.56. The van der Waals surface area contributed by atoms with Crippen LogP contribution in [0.1, 0.15) is 29.4 Å². The number of carbonyl (C=O) groups excluding carboxylic acids is 1. The number of carbonyl (C=O) groups is 1. The highest BCUT2D eigenvalue weighted by atomic mass is 79.9. The van der Waals surface area contributed by atoms with Gasteiger partial charge in [-0.25, -0.2) is 0 Å². The molecule has 0 radical (unpaired) electrons. The molecule has 3 nitrogen and oxygen atoms in total. The van der Waals surface area contributed by atoms with Crippen molar-refractivity contribution in [1.29, 1.82) is 0 Å². The SMILES string of the molecule is C#CCSCCNC(=O)c1cc(Br)cn1C1CC1. The fourth-order valence-corrected chi connectivity index (χ4v) is 2.69. The van der Waals surface area contributed by atoms with Crippen LogP contribution < -0.4 is 5.32 Å². The molecule has 0 aliphatic heterocycles. The van der Waals surface area contributed by atoms with Crippen LogP contribution in [0.3, 0.4) is 0 Å². The highest BCUT2D eigenvalue weighted by Crippen LogP contribution is 2.37. The van der Waals surface area contributed by atoms with E-state index in [0.717, 1.165) is 15.9 Å². The van der Waals surface area contributed by atoms with Gasteiger partial charge in [-0.3, -0.25) is 4.79 Å². The van der Waals surface area contributed by atoms with E-state index in [1.807, 2.05) is 12.3 Å². The number of aromatic nitrogens is 1. The number of thioether (sulfide) groups is 1. The summed E-state index contributed by atoms with van der Waals surface area (Å²) in [5, 5.41) is 2.92. The van der Waals surface area contributed by atoms with Crippen LogP contribution >= 0.6 is 27.7 Å².